The van der Waals surface area contributed by atoms with Gasteiger partial charge in [-0.25, -0.2) is 4.99 Å². The second-order valence-corrected chi connectivity index (χ2v) is 6.71. The number of aryl methyl sites for hydroxylation is 1. The lowest BCUT2D eigenvalue weighted by Gasteiger charge is -2.28. The van der Waals surface area contributed by atoms with Crippen LogP contribution in [-0.2, 0) is 0 Å². The molecule has 1 heterocycles. The van der Waals surface area contributed by atoms with Crippen molar-refractivity contribution in [2.75, 3.05) is 12.3 Å². The summed E-state index contributed by atoms with van der Waals surface area (Å²) in [7, 11) is 0. The summed E-state index contributed by atoms with van der Waals surface area (Å²) in [5.74, 6) is 0.726. The largest absolute Gasteiger partial charge is 0.287 e. The van der Waals surface area contributed by atoms with Gasteiger partial charge in [0.15, 0.2) is 5.17 Å². The van der Waals surface area contributed by atoms with Crippen LogP contribution in [-0.4, -0.2) is 33.2 Å². The minimum Gasteiger partial charge on any atom is -0.287 e. The quantitative estimate of drug-likeness (QED) is 0.612. The molecule has 0 N–H and O–H groups in total. The highest BCUT2D eigenvalue weighted by atomic mass is 32.2. The van der Waals surface area contributed by atoms with E-state index in [1.807, 2.05) is 31.2 Å². The monoisotopic (exact) mass is 355 g/mol. The van der Waals surface area contributed by atoms with Gasteiger partial charge in [-0.05, 0) is 37.1 Å². The Morgan fingerprint density at radius 3 is 2.60 bits per heavy atom. The lowest BCUT2D eigenvalue weighted by atomic mass is 10.2. The van der Waals surface area contributed by atoms with Gasteiger partial charge in [-0.1, -0.05) is 30.0 Å². The number of amidine groups is 1. The highest BCUT2D eigenvalue weighted by molar-refractivity contribution is 8.13. The Hall–Kier alpha value is -2.67. The second kappa shape index (κ2) is 7.48. The number of carbonyl (C=O) groups is 1. The SMILES string of the molecule is Cc1ccccc1N=C1SCCCN1C(=O)c1ccc([N+](=O)[O-])cc1. The first-order valence-electron chi connectivity index (χ1n) is 7.90. The van der Waals surface area contributed by atoms with Crippen molar-refractivity contribution < 1.29 is 9.72 Å². The van der Waals surface area contributed by atoms with E-state index in [2.05, 4.69) is 4.99 Å². The van der Waals surface area contributed by atoms with Crippen LogP contribution in [0.1, 0.15) is 22.3 Å². The molecule has 0 bridgehead atoms. The van der Waals surface area contributed by atoms with Crippen molar-refractivity contribution in [3.05, 3.63) is 69.8 Å². The molecule has 0 spiro atoms. The van der Waals surface area contributed by atoms with E-state index in [4.69, 9.17) is 0 Å². The lowest BCUT2D eigenvalue weighted by molar-refractivity contribution is -0.384. The molecular formula is C18H17N3O3S. The summed E-state index contributed by atoms with van der Waals surface area (Å²) >= 11 is 1.55. The van der Waals surface area contributed by atoms with Gasteiger partial charge in [0.05, 0.1) is 10.6 Å². The fraction of sp³-hybridized carbons (Fsp3) is 0.222. The highest BCUT2D eigenvalue weighted by Crippen LogP contribution is 2.26. The van der Waals surface area contributed by atoms with Crippen LogP contribution in [0.5, 0.6) is 0 Å². The van der Waals surface area contributed by atoms with Gasteiger partial charge in [-0.3, -0.25) is 19.8 Å². The molecule has 1 fully saturated rings. The molecule has 0 unspecified atom stereocenters. The van der Waals surface area contributed by atoms with E-state index in [0.29, 0.717) is 17.3 Å². The molecule has 1 aliphatic heterocycles. The summed E-state index contributed by atoms with van der Waals surface area (Å²) in [5, 5.41) is 11.4. The maximum atomic E-state index is 12.8. The van der Waals surface area contributed by atoms with Crippen LogP contribution in [0.2, 0.25) is 0 Å². The molecule has 0 atom stereocenters. The van der Waals surface area contributed by atoms with E-state index < -0.39 is 4.92 Å². The molecule has 0 radical (unpaired) electrons. The topological polar surface area (TPSA) is 75.8 Å². The minimum absolute atomic E-state index is 0.0293. The van der Waals surface area contributed by atoms with E-state index in [-0.39, 0.29) is 11.6 Å². The number of hydrogen-bond acceptors (Lipinski definition) is 5. The molecule has 128 valence electrons. The molecule has 0 aromatic heterocycles. The molecule has 1 amide bonds. The predicted molar refractivity (Wildman–Crippen MR) is 99.5 cm³/mol. The lowest BCUT2D eigenvalue weighted by Crippen LogP contribution is -2.39. The highest BCUT2D eigenvalue weighted by Gasteiger charge is 2.25. The summed E-state index contributed by atoms with van der Waals surface area (Å²) in [6.45, 7) is 2.57. The summed E-state index contributed by atoms with van der Waals surface area (Å²) in [6, 6.07) is 13.5. The average molecular weight is 355 g/mol. The zero-order valence-corrected chi connectivity index (χ0v) is 14.5. The smallest absolute Gasteiger partial charge is 0.269 e. The van der Waals surface area contributed by atoms with Crippen LogP contribution in [0.3, 0.4) is 0 Å². The third kappa shape index (κ3) is 3.88. The van der Waals surface area contributed by atoms with Crippen molar-refractivity contribution in [1.29, 1.82) is 0 Å². The van der Waals surface area contributed by atoms with Gasteiger partial charge in [-0.2, -0.15) is 0 Å². The number of nitro benzene ring substituents is 1. The molecule has 6 nitrogen and oxygen atoms in total. The molecule has 1 saturated heterocycles. The number of thioether (sulfide) groups is 1. The number of para-hydroxylation sites is 1. The molecule has 1 aliphatic rings. The third-order valence-electron chi connectivity index (χ3n) is 3.89. The molecule has 7 heteroatoms. The van der Waals surface area contributed by atoms with Crippen LogP contribution >= 0.6 is 11.8 Å². The molecule has 2 aromatic carbocycles. The van der Waals surface area contributed by atoms with Crippen LogP contribution in [0.25, 0.3) is 0 Å². The number of nitro groups is 1. The van der Waals surface area contributed by atoms with Gasteiger partial charge >= 0.3 is 0 Å². The average Bonchev–Trinajstić information content (AvgIpc) is 2.63. The third-order valence-corrected chi connectivity index (χ3v) is 4.95. The Labute approximate surface area is 149 Å². The molecule has 25 heavy (non-hydrogen) atoms. The van der Waals surface area contributed by atoms with Crippen molar-refractivity contribution in [2.45, 2.75) is 13.3 Å². The number of rotatable bonds is 3. The fourth-order valence-corrected chi connectivity index (χ4v) is 3.46. The van der Waals surface area contributed by atoms with E-state index in [1.165, 1.54) is 24.3 Å². The van der Waals surface area contributed by atoms with Gasteiger partial charge in [-0.15, -0.1) is 0 Å². The van der Waals surface area contributed by atoms with Crippen LogP contribution < -0.4 is 0 Å². The van der Waals surface area contributed by atoms with E-state index in [1.54, 1.807) is 16.7 Å². The van der Waals surface area contributed by atoms with E-state index in [0.717, 1.165) is 23.4 Å². The van der Waals surface area contributed by atoms with Gasteiger partial charge in [0.2, 0.25) is 0 Å². The van der Waals surface area contributed by atoms with Crippen molar-refractivity contribution in [3.63, 3.8) is 0 Å². The number of carbonyl (C=O) groups excluding carboxylic acids is 1. The number of nitrogens with zero attached hydrogens (tertiary/aromatic N) is 3. The maximum absolute atomic E-state index is 12.8. The van der Waals surface area contributed by atoms with Crippen LogP contribution in [0, 0.1) is 17.0 Å². The standard InChI is InChI=1S/C18H17N3O3S/c1-13-5-2-3-6-16(13)19-18-20(11-4-12-25-18)17(22)14-7-9-15(10-8-14)21(23)24/h2-3,5-10H,4,11-12H2,1H3. The van der Waals surface area contributed by atoms with E-state index in [9.17, 15) is 14.9 Å². The zero-order valence-electron chi connectivity index (χ0n) is 13.7. The summed E-state index contributed by atoms with van der Waals surface area (Å²) in [4.78, 5) is 29.4. The molecular weight excluding hydrogens is 338 g/mol. The van der Waals surface area contributed by atoms with Crippen molar-refractivity contribution >= 4 is 34.2 Å². The molecule has 0 saturated carbocycles. The van der Waals surface area contributed by atoms with Gasteiger partial charge in [0, 0.05) is 30.0 Å². The molecule has 0 aliphatic carbocycles. The number of hydrogen-bond donors (Lipinski definition) is 0. The Balaban J connectivity index is 1.89. The predicted octanol–water partition coefficient (Wildman–Crippen LogP) is 4.17. The number of amides is 1. The summed E-state index contributed by atoms with van der Waals surface area (Å²) in [5.41, 5.74) is 2.28. The summed E-state index contributed by atoms with van der Waals surface area (Å²) < 4.78 is 0. The Morgan fingerprint density at radius 2 is 1.92 bits per heavy atom. The van der Waals surface area contributed by atoms with E-state index >= 15 is 0 Å². The second-order valence-electron chi connectivity index (χ2n) is 5.64. The minimum atomic E-state index is -0.476. The molecule has 2 aromatic rings. The Bertz CT molecular complexity index is 834. The zero-order chi connectivity index (χ0) is 17.8. The number of non-ortho nitro benzene ring substituents is 1. The number of benzene rings is 2. The first-order valence-corrected chi connectivity index (χ1v) is 8.88. The fourth-order valence-electron chi connectivity index (χ4n) is 2.51. The Morgan fingerprint density at radius 1 is 1.20 bits per heavy atom. The van der Waals surface area contributed by atoms with Crippen LogP contribution in [0.4, 0.5) is 11.4 Å². The first-order chi connectivity index (χ1) is 12.1. The van der Waals surface area contributed by atoms with Gasteiger partial charge in [0.1, 0.15) is 0 Å². The van der Waals surface area contributed by atoms with Crippen molar-refractivity contribution in [3.8, 4) is 0 Å². The molecule has 3 rings (SSSR count). The van der Waals surface area contributed by atoms with Crippen molar-refractivity contribution in [1.82, 2.24) is 4.90 Å². The maximum Gasteiger partial charge on any atom is 0.269 e. The Kier molecular flexibility index (Phi) is 5.14. The summed E-state index contributed by atoms with van der Waals surface area (Å²) in [6.07, 6.45) is 0.885. The first kappa shape index (κ1) is 17.2. The normalized spacial score (nSPS) is 16.0. The van der Waals surface area contributed by atoms with Gasteiger partial charge in [0.25, 0.3) is 11.6 Å². The van der Waals surface area contributed by atoms with Gasteiger partial charge < -0.3 is 0 Å². The van der Waals surface area contributed by atoms with Crippen molar-refractivity contribution in [2.24, 2.45) is 4.99 Å². The van der Waals surface area contributed by atoms with Crippen LogP contribution in [0.15, 0.2) is 53.5 Å². The number of aliphatic imine (C=N–C) groups is 1.